The first kappa shape index (κ1) is 14.6. The number of urea groups is 1. The van der Waals surface area contributed by atoms with Crippen LogP contribution in [0.3, 0.4) is 0 Å². The summed E-state index contributed by atoms with van der Waals surface area (Å²) in [7, 11) is 0. The summed E-state index contributed by atoms with van der Waals surface area (Å²) in [5.41, 5.74) is 1.64. The lowest BCUT2D eigenvalue weighted by Gasteiger charge is -2.21. The Bertz CT molecular complexity index is 578. The normalized spacial score (nSPS) is 17.5. The molecule has 1 saturated carbocycles. The Morgan fingerprint density at radius 2 is 2.09 bits per heavy atom. The zero-order chi connectivity index (χ0) is 15.5. The lowest BCUT2D eigenvalue weighted by atomic mass is 10.2. The molecule has 0 bridgehead atoms. The number of carbonyl (C=O) groups excluding carboxylic acids is 2. The van der Waals surface area contributed by atoms with Gasteiger partial charge in [0.1, 0.15) is 0 Å². The van der Waals surface area contributed by atoms with Crippen molar-refractivity contribution in [2.45, 2.75) is 31.7 Å². The van der Waals surface area contributed by atoms with Crippen molar-refractivity contribution < 1.29 is 9.59 Å². The van der Waals surface area contributed by atoms with Crippen molar-refractivity contribution in [2.75, 3.05) is 23.3 Å². The van der Waals surface area contributed by atoms with Crippen molar-refractivity contribution in [3.05, 3.63) is 36.9 Å². The fourth-order valence-corrected chi connectivity index (χ4v) is 2.76. The molecule has 0 spiro atoms. The van der Waals surface area contributed by atoms with Crippen LogP contribution in [0.2, 0.25) is 0 Å². The molecule has 5 heteroatoms. The average Bonchev–Trinajstić information content (AvgIpc) is 3.27. The molecular weight excluding hydrogens is 278 g/mol. The molecule has 1 aliphatic heterocycles. The Morgan fingerprint density at radius 3 is 2.64 bits per heavy atom. The molecule has 1 heterocycles. The zero-order valence-corrected chi connectivity index (χ0v) is 12.6. The molecule has 22 heavy (non-hydrogen) atoms. The van der Waals surface area contributed by atoms with Crippen molar-refractivity contribution in [3.8, 4) is 0 Å². The monoisotopic (exact) mass is 299 g/mol. The number of hydrogen-bond donors (Lipinski definition) is 1. The van der Waals surface area contributed by atoms with E-state index in [2.05, 4.69) is 11.9 Å². The number of rotatable bonds is 5. The van der Waals surface area contributed by atoms with Gasteiger partial charge in [0.15, 0.2) is 0 Å². The summed E-state index contributed by atoms with van der Waals surface area (Å²) in [5, 5.41) is 2.91. The summed E-state index contributed by atoms with van der Waals surface area (Å²) < 4.78 is 0. The van der Waals surface area contributed by atoms with E-state index >= 15 is 0 Å². The molecule has 1 aromatic rings. The highest BCUT2D eigenvalue weighted by molar-refractivity contribution is 5.96. The molecule has 1 aliphatic carbocycles. The van der Waals surface area contributed by atoms with Gasteiger partial charge in [0, 0.05) is 36.9 Å². The second-order valence-corrected chi connectivity index (χ2v) is 5.80. The van der Waals surface area contributed by atoms with Crippen LogP contribution in [0, 0.1) is 0 Å². The first-order valence-corrected chi connectivity index (χ1v) is 7.78. The van der Waals surface area contributed by atoms with E-state index in [4.69, 9.17) is 0 Å². The van der Waals surface area contributed by atoms with Gasteiger partial charge < -0.3 is 15.1 Å². The van der Waals surface area contributed by atoms with Crippen LogP contribution < -0.4 is 10.2 Å². The van der Waals surface area contributed by atoms with Crippen molar-refractivity contribution >= 4 is 23.3 Å². The number of nitrogens with one attached hydrogen (secondary N) is 1. The van der Waals surface area contributed by atoms with E-state index in [1.807, 2.05) is 29.2 Å². The SMILES string of the molecule is C=CCN(C(=O)Nc1ccc(N2CCCC2=O)cc1)C1CC1. The van der Waals surface area contributed by atoms with Gasteiger partial charge in [0.25, 0.3) is 0 Å². The summed E-state index contributed by atoms with van der Waals surface area (Å²) in [5.74, 6) is 0.169. The van der Waals surface area contributed by atoms with Crippen LogP contribution in [0.15, 0.2) is 36.9 Å². The zero-order valence-electron chi connectivity index (χ0n) is 12.6. The Hall–Kier alpha value is -2.30. The molecule has 0 atom stereocenters. The molecule has 1 aromatic carbocycles. The molecule has 3 amide bonds. The Morgan fingerprint density at radius 1 is 1.36 bits per heavy atom. The third-order valence-electron chi connectivity index (χ3n) is 4.08. The number of amides is 3. The van der Waals surface area contributed by atoms with E-state index in [1.54, 1.807) is 11.0 Å². The molecule has 5 nitrogen and oxygen atoms in total. The van der Waals surface area contributed by atoms with Crippen LogP contribution in [0.25, 0.3) is 0 Å². The third-order valence-corrected chi connectivity index (χ3v) is 4.08. The molecule has 2 fully saturated rings. The molecule has 1 N–H and O–H groups in total. The fourth-order valence-electron chi connectivity index (χ4n) is 2.76. The first-order valence-electron chi connectivity index (χ1n) is 7.78. The maximum atomic E-state index is 12.3. The Balaban J connectivity index is 1.64. The summed E-state index contributed by atoms with van der Waals surface area (Å²) >= 11 is 0. The molecule has 2 aliphatic rings. The number of carbonyl (C=O) groups is 2. The highest BCUT2D eigenvalue weighted by Crippen LogP contribution is 2.28. The minimum atomic E-state index is -0.0904. The lowest BCUT2D eigenvalue weighted by Crippen LogP contribution is -2.36. The number of benzene rings is 1. The molecule has 0 radical (unpaired) electrons. The van der Waals surface area contributed by atoms with Crippen LogP contribution in [-0.4, -0.2) is 36.0 Å². The number of nitrogens with zero attached hydrogens (tertiary/aromatic N) is 2. The van der Waals surface area contributed by atoms with Crippen LogP contribution in [0.1, 0.15) is 25.7 Å². The number of hydrogen-bond acceptors (Lipinski definition) is 2. The van der Waals surface area contributed by atoms with E-state index in [0.717, 1.165) is 37.2 Å². The van der Waals surface area contributed by atoms with Crippen molar-refractivity contribution in [3.63, 3.8) is 0 Å². The molecule has 116 valence electrons. The topological polar surface area (TPSA) is 52.7 Å². The fraction of sp³-hybridized carbons (Fsp3) is 0.412. The van der Waals surface area contributed by atoms with Gasteiger partial charge in [-0.2, -0.15) is 0 Å². The molecule has 3 rings (SSSR count). The predicted molar refractivity (Wildman–Crippen MR) is 87.0 cm³/mol. The standard InChI is InChI=1S/C17H21N3O2/c1-2-11-20(15-9-10-15)17(22)18-13-5-7-14(8-6-13)19-12-3-4-16(19)21/h2,5-8,15H,1,3-4,9-12H2,(H,18,22). The van der Waals surface area contributed by atoms with E-state index in [-0.39, 0.29) is 11.9 Å². The van der Waals surface area contributed by atoms with Crippen LogP contribution in [0.4, 0.5) is 16.2 Å². The van der Waals surface area contributed by atoms with E-state index < -0.39 is 0 Å². The summed E-state index contributed by atoms with van der Waals surface area (Å²) in [6.45, 7) is 5.05. The summed E-state index contributed by atoms with van der Waals surface area (Å²) in [6, 6.07) is 7.71. The minimum Gasteiger partial charge on any atom is -0.318 e. The maximum absolute atomic E-state index is 12.3. The molecule has 0 unspecified atom stereocenters. The second-order valence-electron chi connectivity index (χ2n) is 5.80. The quantitative estimate of drug-likeness (QED) is 0.850. The summed E-state index contributed by atoms with van der Waals surface area (Å²) in [6.07, 6.45) is 5.42. The molecule has 1 saturated heterocycles. The van der Waals surface area contributed by atoms with Gasteiger partial charge in [-0.1, -0.05) is 6.08 Å². The van der Waals surface area contributed by atoms with Crippen molar-refractivity contribution in [1.82, 2.24) is 4.90 Å². The largest absolute Gasteiger partial charge is 0.322 e. The number of anilines is 2. The van der Waals surface area contributed by atoms with Crippen molar-refractivity contribution in [2.24, 2.45) is 0 Å². The lowest BCUT2D eigenvalue weighted by molar-refractivity contribution is -0.117. The summed E-state index contributed by atoms with van der Waals surface area (Å²) in [4.78, 5) is 27.6. The van der Waals surface area contributed by atoms with Gasteiger partial charge in [-0.05, 0) is 43.5 Å². The maximum Gasteiger partial charge on any atom is 0.322 e. The molecule has 0 aromatic heterocycles. The van der Waals surface area contributed by atoms with Gasteiger partial charge in [-0.15, -0.1) is 6.58 Å². The minimum absolute atomic E-state index is 0.0904. The highest BCUT2D eigenvalue weighted by Gasteiger charge is 2.31. The highest BCUT2D eigenvalue weighted by atomic mass is 16.2. The Kier molecular flexibility index (Phi) is 4.13. The van der Waals surface area contributed by atoms with Crippen LogP contribution >= 0.6 is 0 Å². The van der Waals surface area contributed by atoms with Crippen LogP contribution in [0.5, 0.6) is 0 Å². The van der Waals surface area contributed by atoms with E-state index in [1.165, 1.54) is 0 Å². The smallest absolute Gasteiger partial charge is 0.318 e. The van der Waals surface area contributed by atoms with E-state index in [9.17, 15) is 9.59 Å². The second kappa shape index (κ2) is 6.22. The van der Waals surface area contributed by atoms with Gasteiger partial charge >= 0.3 is 6.03 Å². The van der Waals surface area contributed by atoms with Crippen molar-refractivity contribution in [1.29, 1.82) is 0 Å². The van der Waals surface area contributed by atoms with Gasteiger partial charge in [0.05, 0.1) is 0 Å². The average molecular weight is 299 g/mol. The van der Waals surface area contributed by atoms with Crippen LogP contribution in [-0.2, 0) is 4.79 Å². The van der Waals surface area contributed by atoms with E-state index in [0.29, 0.717) is 19.0 Å². The van der Waals surface area contributed by atoms with Gasteiger partial charge in [0.2, 0.25) is 5.91 Å². The predicted octanol–water partition coefficient (Wildman–Crippen LogP) is 3.00. The first-order chi connectivity index (χ1) is 10.7. The van der Waals surface area contributed by atoms with Gasteiger partial charge in [-0.25, -0.2) is 4.79 Å². The van der Waals surface area contributed by atoms with Gasteiger partial charge in [-0.3, -0.25) is 4.79 Å². The Labute approximate surface area is 130 Å². The molecular formula is C17H21N3O2. The third kappa shape index (κ3) is 3.13.